The zero-order chi connectivity index (χ0) is 14.1. The Morgan fingerprint density at radius 1 is 1.50 bits per heavy atom. The number of carbonyl (C=O) groups excluding carboxylic acids is 1. The van der Waals surface area contributed by atoms with E-state index in [0.29, 0.717) is 17.9 Å². The lowest BCUT2D eigenvalue weighted by Crippen LogP contribution is -2.30. The number of carboxylic acids is 1. The van der Waals surface area contributed by atoms with Crippen LogP contribution in [0.5, 0.6) is 5.75 Å². The summed E-state index contributed by atoms with van der Waals surface area (Å²) in [5, 5.41) is 8.93. The monoisotopic (exact) mass is 272 g/mol. The van der Waals surface area contributed by atoms with Crippen molar-refractivity contribution >= 4 is 11.8 Å². The number of fused-ring (bicyclic) bond motifs is 1. The Morgan fingerprint density at radius 3 is 3.05 bits per heavy atom. The van der Waals surface area contributed by atoms with E-state index >= 15 is 0 Å². The summed E-state index contributed by atoms with van der Waals surface area (Å²) in [5.74, 6) is -0.711. The van der Waals surface area contributed by atoms with Crippen LogP contribution in [0.1, 0.15) is 27.1 Å². The van der Waals surface area contributed by atoms with E-state index in [1.54, 1.807) is 18.7 Å². The van der Waals surface area contributed by atoms with Crippen LogP contribution in [0.2, 0.25) is 0 Å². The lowest BCUT2D eigenvalue weighted by atomic mass is 9.98. The van der Waals surface area contributed by atoms with Gasteiger partial charge in [-0.3, -0.25) is 4.79 Å². The summed E-state index contributed by atoms with van der Waals surface area (Å²) in [7, 11) is 0. The van der Waals surface area contributed by atoms with E-state index in [0.717, 1.165) is 0 Å². The number of rotatable bonds is 3. The van der Waals surface area contributed by atoms with Crippen molar-refractivity contribution in [3.05, 3.63) is 48.0 Å². The highest BCUT2D eigenvalue weighted by molar-refractivity contribution is 6.02. The molecule has 1 aromatic carbocycles. The van der Waals surface area contributed by atoms with Crippen molar-refractivity contribution in [2.75, 3.05) is 0 Å². The molecule has 0 saturated carbocycles. The highest BCUT2D eigenvalue weighted by Crippen LogP contribution is 2.29. The van der Waals surface area contributed by atoms with E-state index in [2.05, 4.69) is 4.98 Å². The van der Waals surface area contributed by atoms with Gasteiger partial charge < -0.3 is 14.4 Å². The molecule has 3 rings (SSSR count). The van der Waals surface area contributed by atoms with Gasteiger partial charge in [-0.25, -0.2) is 9.78 Å². The van der Waals surface area contributed by atoms with Gasteiger partial charge in [-0.05, 0) is 18.2 Å². The number of carboxylic acid groups (broad SMARTS) is 1. The molecule has 102 valence electrons. The molecular weight excluding hydrogens is 260 g/mol. The summed E-state index contributed by atoms with van der Waals surface area (Å²) >= 11 is 0. The largest absolute Gasteiger partial charge is 0.487 e. The maximum atomic E-state index is 12.1. The first-order valence-electron chi connectivity index (χ1n) is 6.16. The maximum Gasteiger partial charge on any atom is 0.335 e. The molecule has 0 amide bonds. The van der Waals surface area contributed by atoms with E-state index in [4.69, 9.17) is 9.84 Å². The molecule has 6 heteroatoms. The molecule has 1 N–H and O–H groups in total. The third-order valence-electron chi connectivity index (χ3n) is 3.21. The molecule has 1 atom stereocenters. The normalized spacial score (nSPS) is 17.4. The Morgan fingerprint density at radius 2 is 2.35 bits per heavy atom. The molecule has 0 radical (unpaired) electrons. The van der Waals surface area contributed by atoms with Crippen molar-refractivity contribution in [2.45, 2.75) is 19.1 Å². The summed E-state index contributed by atoms with van der Waals surface area (Å²) in [6.07, 6.45) is 5.10. The van der Waals surface area contributed by atoms with Gasteiger partial charge in [0.1, 0.15) is 11.9 Å². The van der Waals surface area contributed by atoms with Crippen molar-refractivity contribution in [1.82, 2.24) is 9.55 Å². The molecule has 1 unspecified atom stereocenters. The number of hydrogen-bond acceptors (Lipinski definition) is 4. The number of imidazole rings is 1. The fraction of sp³-hybridized carbons (Fsp3) is 0.214. The molecule has 2 aromatic rings. The van der Waals surface area contributed by atoms with Crippen molar-refractivity contribution in [2.24, 2.45) is 0 Å². The van der Waals surface area contributed by atoms with E-state index in [9.17, 15) is 9.59 Å². The Balaban J connectivity index is 1.84. The Bertz CT molecular complexity index is 664. The number of ether oxygens (including phenoxy) is 1. The highest BCUT2D eigenvalue weighted by atomic mass is 16.5. The molecule has 0 spiro atoms. The van der Waals surface area contributed by atoms with Crippen LogP contribution >= 0.6 is 0 Å². The molecule has 1 aliphatic rings. The van der Waals surface area contributed by atoms with Gasteiger partial charge in [-0.2, -0.15) is 0 Å². The van der Waals surface area contributed by atoms with Crippen molar-refractivity contribution in [3.8, 4) is 5.75 Å². The summed E-state index contributed by atoms with van der Waals surface area (Å²) in [6, 6.07) is 4.35. The average Bonchev–Trinajstić information content (AvgIpc) is 2.91. The van der Waals surface area contributed by atoms with Crippen LogP contribution in [0.4, 0.5) is 0 Å². The lowest BCUT2D eigenvalue weighted by molar-refractivity contribution is 0.0696. The molecule has 0 saturated heterocycles. The second-order valence-electron chi connectivity index (χ2n) is 4.64. The second-order valence-corrected chi connectivity index (χ2v) is 4.64. The van der Waals surface area contributed by atoms with Gasteiger partial charge in [0.2, 0.25) is 0 Å². The lowest BCUT2D eigenvalue weighted by Gasteiger charge is -2.25. The summed E-state index contributed by atoms with van der Waals surface area (Å²) < 4.78 is 7.59. The first-order valence-corrected chi connectivity index (χ1v) is 6.16. The van der Waals surface area contributed by atoms with Crippen molar-refractivity contribution in [3.63, 3.8) is 0 Å². The molecule has 1 aliphatic heterocycles. The number of benzene rings is 1. The quantitative estimate of drug-likeness (QED) is 0.918. The van der Waals surface area contributed by atoms with Gasteiger partial charge in [0.05, 0.1) is 24.0 Å². The predicted octanol–water partition coefficient (Wildman–Crippen LogP) is 1.62. The Hall–Kier alpha value is -2.63. The van der Waals surface area contributed by atoms with E-state index in [1.807, 2.05) is 4.57 Å². The Labute approximate surface area is 114 Å². The molecule has 20 heavy (non-hydrogen) atoms. The van der Waals surface area contributed by atoms with Crippen molar-refractivity contribution in [1.29, 1.82) is 0 Å². The number of ketones is 1. The van der Waals surface area contributed by atoms with Crippen LogP contribution < -0.4 is 4.74 Å². The summed E-state index contributed by atoms with van der Waals surface area (Å²) in [5.41, 5.74) is 0.431. The fourth-order valence-corrected chi connectivity index (χ4v) is 2.25. The van der Waals surface area contributed by atoms with Gasteiger partial charge in [0.25, 0.3) is 0 Å². The predicted molar refractivity (Wildman–Crippen MR) is 69.0 cm³/mol. The fourth-order valence-electron chi connectivity index (χ4n) is 2.25. The number of aromatic carboxylic acids is 1. The van der Waals surface area contributed by atoms with Gasteiger partial charge in [0, 0.05) is 18.8 Å². The molecule has 0 bridgehead atoms. The van der Waals surface area contributed by atoms with Gasteiger partial charge in [-0.15, -0.1) is 0 Å². The van der Waals surface area contributed by atoms with Crippen LogP contribution in [0.25, 0.3) is 0 Å². The van der Waals surface area contributed by atoms with Crippen LogP contribution in [-0.2, 0) is 6.54 Å². The zero-order valence-electron chi connectivity index (χ0n) is 10.5. The molecule has 6 nitrogen and oxygen atoms in total. The number of hydrogen-bond donors (Lipinski definition) is 1. The average molecular weight is 272 g/mol. The second kappa shape index (κ2) is 4.80. The minimum absolute atomic E-state index is 0.0914. The minimum atomic E-state index is -1.05. The van der Waals surface area contributed by atoms with Gasteiger partial charge in [-0.1, -0.05) is 0 Å². The third kappa shape index (κ3) is 2.27. The van der Waals surface area contributed by atoms with E-state index in [1.165, 1.54) is 18.2 Å². The van der Waals surface area contributed by atoms with Gasteiger partial charge in [0.15, 0.2) is 5.78 Å². The summed E-state index contributed by atoms with van der Waals surface area (Å²) in [6.45, 7) is 0.534. The highest BCUT2D eigenvalue weighted by Gasteiger charge is 2.27. The Kier molecular flexibility index (Phi) is 2.98. The minimum Gasteiger partial charge on any atom is -0.487 e. The summed E-state index contributed by atoms with van der Waals surface area (Å²) in [4.78, 5) is 26.9. The number of carbonyl (C=O) groups is 2. The topological polar surface area (TPSA) is 81.4 Å². The molecule has 1 aromatic heterocycles. The number of aromatic nitrogens is 2. The zero-order valence-corrected chi connectivity index (χ0v) is 10.5. The van der Waals surface area contributed by atoms with Crippen LogP contribution in [0.15, 0.2) is 36.9 Å². The van der Waals surface area contributed by atoms with E-state index in [-0.39, 0.29) is 23.9 Å². The number of Topliss-reactive ketones (excluding diaryl/α,β-unsaturated/α-hetero) is 1. The van der Waals surface area contributed by atoms with Crippen LogP contribution in [0.3, 0.4) is 0 Å². The van der Waals surface area contributed by atoms with Gasteiger partial charge >= 0.3 is 5.97 Å². The van der Waals surface area contributed by atoms with E-state index < -0.39 is 5.97 Å². The standard InChI is InChI=1S/C14H12N2O4/c17-12-6-10(7-16-4-3-15-8-16)20-13-2-1-9(14(18)19)5-11(12)13/h1-5,8,10H,6-7H2,(H,18,19). The van der Waals surface area contributed by atoms with Crippen LogP contribution in [-0.4, -0.2) is 32.5 Å². The molecule has 0 aliphatic carbocycles. The molecule has 2 heterocycles. The molecule has 0 fully saturated rings. The first kappa shape index (κ1) is 12.4. The third-order valence-corrected chi connectivity index (χ3v) is 3.21. The number of nitrogens with zero attached hydrogens (tertiary/aromatic N) is 2. The smallest absolute Gasteiger partial charge is 0.335 e. The van der Waals surface area contributed by atoms with Crippen molar-refractivity contribution < 1.29 is 19.4 Å². The van der Waals surface area contributed by atoms with Crippen LogP contribution in [0, 0.1) is 0 Å². The SMILES string of the molecule is O=C(O)c1ccc2c(c1)C(=O)CC(Cn1ccnc1)O2. The first-order chi connectivity index (χ1) is 9.63. The maximum absolute atomic E-state index is 12.1. The molecular formula is C14H12N2O4.